The summed E-state index contributed by atoms with van der Waals surface area (Å²) >= 11 is 5.36. The zero-order valence-electron chi connectivity index (χ0n) is 12.5. The van der Waals surface area contributed by atoms with E-state index in [0.29, 0.717) is 16.6 Å². The van der Waals surface area contributed by atoms with E-state index in [0.717, 1.165) is 18.5 Å². The van der Waals surface area contributed by atoms with Crippen molar-refractivity contribution in [2.24, 2.45) is 5.73 Å². The Bertz CT molecular complexity index is 496. The molecule has 1 aliphatic carbocycles. The quantitative estimate of drug-likeness (QED) is 0.741. The summed E-state index contributed by atoms with van der Waals surface area (Å²) in [6.07, 6.45) is 4.52. The van der Waals surface area contributed by atoms with Crippen LogP contribution < -0.4 is 25.8 Å². The Labute approximate surface area is 131 Å². The van der Waals surface area contributed by atoms with Crippen molar-refractivity contribution in [3.05, 3.63) is 18.2 Å². The van der Waals surface area contributed by atoms with Gasteiger partial charge in [0.15, 0.2) is 16.6 Å². The number of anilines is 1. The van der Waals surface area contributed by atoms with E-state index in [1.165, 1.54) is 12.8 Å². The number of thiocarbonyl (C=S) groups is 1. The van der Waals surface area contributed by atoms with Gasteiger partial charge in [0.2, 0.25) is 0 Å². The SMILES string of the molecule is COc1ccc(NC(=S)N[C@@H]2CCCC[C@H]2N)cc1OC. The van der Waals surface area contributed by atoms with Gasteiger partial charge in [0.05, 0.1) is 14.2 Å². The monoisotopic (exact) mass is 309 g/mol. The third kappa shape index (κ3) is 4.22. The molecule has 0 aromatic heterocycles. The first-order valence-corrected chi connectivity index (χ1v) is 7.60. The van der Waals surface area contributed by atoms with E-state index in [1.54, 1.807) is 14.2 Å². The van der Waals surface area contributed by atoms with Gasteiger partial charge in [-0.25, -0.2) is 0 Å². The standard InChI is InChI=1S/C15H23N3O2S/c1-19-13-8-7-10(9-14(13)20-2)17-15(21)18-12-6-4-3-5-11(12)16/h7-9,11-12H,3-6,16H2,1-2H3,(H2,17,18,21)/t11-,12-/m1/s1. The summed E-state index contributed by atoms with van der Waals surface area (Å²) in [5.41, 5.74) is 6.97. The van der Waals surface area contributed by atoms with Crippen molar-refractivity contribution in [3.63, 3.8) is 0 Å². The number of methoxy groups -OCH3 is 2. The summed E-state index contributed by atoms with van der Waals surface area (Å²) in [5, 5.41) is 7.06. The maximum atomic E-state index is 6.12. The van der Waals surface area contributed by atoms with Crippen molar-refractivity contribution < 1.29 is 9.47 Å². The molecule has 0 amide bonds. The Balaban J connectivity index is 1.96. The van der Waals surface area contributed by atoms with Crippen molar-refractivity contribution in [2.45, 2.75) is 37.8 Å². The number of ether oxygens (including phenoxy) is 2. The molecule has 0 heterocycles. The van der Waals surface area contributed by atoms with Crippen LogP contribution in [0.5, 0.6) is 11.5 Å². The van der Waals surface area contributed by atoms with E-state index in [1.807, 2.05) is 18.2 Å². The highest BCUT2D eigenvalue weighted by atomic mass is 32.1. The average Bonchev–Trinajstić information content (AvgIpc) is 2.49. The number of nitrogens with one attached hydrogen (secondary N) is 2. The fourth-order valence-electron chi connectivity index (χ4n) is 2.59. The number of rotatable bonds is 4. The third-order valence-electron chi connectivity index (χ3n) is 3.78. The lowest BCUT2D eigenvalue weighted by atomic mass is 9.91. The number of benzene rings is 1. The molecule has 0 spiro atoms. The largest absolute Gasteiger partial charge is 0.493 e. The van der Waals surface area contributed by atoms with Crippen LogP contribution in [-0.2, 0) is 0 Å². The zero-order chi connectivity index (χ0) is 15.2. The van der Waals surface area contributed by atoms with Gasteiger partial charge < -0.3 is 25.8 Å². The second-order valence-electron chi connectivity index (χ2n) is 5.22. The Hall–Kier alpha value is -1.53. The van der Waals surface area contributed by atoms with Gasteiger partial charge in [0.25, 0.3) is 0 Å². The fraction of sp³-hybridized carbons (Fsp3) is 0.533. The molecule has 1 saturated carbocycles. The minimum absolute atomic E-state index is 0.170. The molecule has 1 fully saturated rings. The van der Waals surface area contributed by atoms with Crippen LogP contribution in [0.25, 0.3) is 0 Å². The predicted molar refractivity (Wildman–Crippen MR) is 89.1 cm³/mol. The lowest BCUT2D eigenvalue weighted by Crippen LogP contribution is -2.50. The second kappa shape index (κ2) is 7.47. The van der Waals surface area contributed by atoms with E-state index >= 15 is 0 Å². The minimum Gasteiger partial charge on any atom is -0.493 e. The third-order valence-corrected chi connectivity index (χ3v) is 4.00. The molecule has 5 nitrogen and oxygen atoms in total. The van der Waals surface area contributed by atoms with Gasteiger partial charge in [-0.15, -0.1) is 0 Å². The van der Waals surface area contributed by atoms with Gasteiger partial charge in [-0.1, -0.05) is 12.8 Å². The van der Waals surface area contributed by atoms with Crippen LogP contribution in [0, 0.1) is 0 Å². The second-order valence-corrected chi connectivity index (χ2v) is 5.63. The maximum absolute atomic E-state index is 6.12. The first-order valence-electron chi connectivity index (χ1n) is 7.19. The van der Waals surface area contributed by atoms with Crippen molar-refractivity contribution in [1.29, 1.82) is 0 Å². The Kier molecular flexibility index (Phi) is 5.64. The van der Waals surface area contributed by atoms with Gasteiger partial charge in [-0.2, -0.15) is 0 Å². The van der Waals surface area contributed by atoms with E-state index in [2.05, 4.69) is 10.6 Å². The molecule has 21 heavy (non-hydrogen) atoms. The zero-order valence-corrected chi connectivity index (χ0v) is 13.3. The van der Waals surface area contributed by atoms with Crippen molar-refractivity contribution in [2.75, 3.05) is 19.5 Å². The fourth-order valence-corrected chi connectivity index (χ4v) is 2.86. The van der Waals surface area contributed by atoms with Crippen LogP contribution in [0.15, 0.2) is 18.2 Å². The molecule has 0 radical (unpaired) electrons. The first kappa shape index (κ1) is 15.9. The molecule has 0 bridgehead atoms. The van der Waals surface area contributed by atoms with Crippen LogP contribution in [0.1, 0.15) is 25.7 Å². The average molecular weight is 309 g/mol. The maximum Gasteiger partial charge on any atom is 0.171 e. The van der Waals surface area contributed by atoms with Crippen molar-refractivity contribution >= 4 is 23.0 Å². The molecule has 2 atom stereocenters. The van der Waals surface area contributed by atoms with Crippen molar-refractivity contribution in [1.82, 2.24) is 5.32 Å². The van der Waals surface area contributed by atoms with Crippen LogP contribution in [-0.4, -0.2) is 31.4 Å². The van der Waals surface area contributed by atoms with Gasteiger partial charge in [-0.3, -0.25) is 0 Å². The molecular weight excluding hydrogens is 286 g/mol. The number of nitrogens with two attached hydrogens (primary N) is 1. The van der Waals surface area contributed by atoms with Crippen molar-refractivity contribution in [3.8, 4) is 11.5 Å². The predicted octanol–water partition coefficient (Wildman–Crippen LogP) is 2.26. The van der Waals surface area contributed by atoms with Crippen LogP contribution in [0.4, 0.5) is 5.69 Å². The molecule has 4 N–H and O–H groups in total. The van der Waals surface area contributed by atoms with Crippen LogP contribution >= 0.6 is 12.2 Å². The van der Waals surface area contributed by atoms with Gasteiger partial charge in [0, 0.05) is 23.8 Å². The van der Waals surface area contributed by atoms with E-state index in [9.17, 15) is 0 Å². The van der Waals surface area contributed by atoms with E-state index < -0.39 is 0 Å². The Morgan fingerprint density at radius 2 is 1.90 bits per heavy atom. The molecule has 2 rings (SSSR count). The van der Waals surface area contributed by atoms with Gasteiger partial charge in [0.1, 0.15) is 0 Å². The Morgan fingerprint density at radius 1 is 1.19 bits per heavy atom. The van der Waals surface area contributed by atoms with E-state index in [-0.39, 0.29) is 12.1 Å². The highest BCUT2D eigenvalue weighted by Crippen LogP contribution is 2.29. The first-order chi connectivity index (χ1) is 10.1. The molecule has 116 valence electrons. The molecule has 0 aliphatic heterocycles. The summed E-state index contributed by atoms with van der Waals surface area (Å²) in [6, 6.07) is 6.02. The summed E-state index contributed by atoms with van der Waals surface area (Å²) in [6.45, 7) is 0. The lowest BCUT2D eigenvalue weighted by Gasteiger charge is -2.30. The molecular formula is C15H23N3O2S. The number of hydrogen-bond donors (Lipinski definition) is 3. The number of hydrogen-bond acceptors (Lipinski definition) is 4. The summed E-state index contributed by atoms with van der Waals surface area (Å²) in [5.74, 6) is 1.36. The molecule has 1 aromatic carbocycles. The highest BCUT2D eigenvalue weighted by Gasteiger charge is 2.22. The Morgan fingerprint density at radius 3 is 2.57 bits per heavy atom. The normalized spacial score (nSPS) is 21.5. The van der Waals surface area contributed by atoms with Crippen LogP contribution in [0.3, 0.4) is 0 Å². The molecule has 0 unspecified atom stereocenters. The summed E-state index contributed by atoms with van der Waals surface area (Å²) in [7, 11) is 3.22. The van der Waals surface area contributed by atoms with Crippen LogP contribution in [0.2, 0.25) is 0 Å². The van der Waals surface area contributed by atoms with E-state index in [4.69, 9.17) is 27.4 Å². The lowest BCUT2D eigenvalue weighted by molar-refractivity contribution is 0.355. The highest BCUT2D eigenvalue weighted by molar-refractivity contribution is 7.80. The topological polar surface area (TPSA) is 68.5 Å². The minimum atomic E-state index is 0.170. The summed E-state index contributed by atoms with van der Waals surface area (Å²) in [4.78, 5) is 0. The van der Waals surface area contributed by atoms with Gasteiger partial charge in [-0.05, 0) is 37.2 Å². The van der Waals surface area contributed by atoms with Gasteiger partial charge >= 0.3 is 0 Å². The smallest absolute Gasteiger partial charge is 0.171 e. The molecule has 6 heteroatoms. The molecule has 0 saturated heterocycles. The molecule has 1 aliphatic rings. The molecule has 1 aromatic rings. The summed E-state index contributed by atoms with van der Waals surface area (Å²) < 4.78 is 10.5.